The molecule has 1 aromatic carbocycles. The smallest absolute Gasteiger partial charge is 0.149 e. The van der Waals surface area contributed by atoms with Crippen molar-refractivity contribution in [1.82, 2.24) is 10.3 Å². The molecular weight excluding hydrogens is 260 g/mol. The van der Waals surface area contributed by atoms with Gasteiger partial charge in [-0.05, 0) is 42.4 Å². The van der Waals surface area contributed by atoms with Crippen LogP contribution in [0.5, 0.6) is 0 Å². The van der Waals surface area contributed by atoms with Crippen molar-refractivity contribution in [2.45, 2.75) is 13.1 Å². The Morgan fingerprint density at radius 2 is 1.70 bits per heavy atom. The van der Waals surface area contributed by atoms with E-state index < -0.39 is 11.6 Å². The lowest BCUT2D eigenvalue weighted by molar-refractivity contribution is 0.571. The lowest BCUT2D eigenvalue weighted by Gasteiger charge is -2.21. The topological polar surface area (TPSA) is 28.2 Å². The summed E-state index contributed by atoms with van der Waals surface area (Å²) in [5.74, 6) is -1.10. The molecule has 0 spiro atoms. The van der Waals surface area contributed by atoms with Crippen LogP contribution in [0.25, 0.3) is 0 Å². The van der Waals surface area contributed by atoms with Gasteiger partial charge in [-0.1, -0.05) is 0 Å². The molecule has 0 amide bonds. The van der Waals surface area contributed by atoms with Crippen LogP contribution in [-0.4, -0.2) is 19.1 Å². The SMILES string of the molecule is CNCc1cc(F)c(N(C)Cc2ccncc2)c(F)c1. The number of halogens is 2. The Morgan fingerprint density at radius 3 is 2.25 bits per heavy atom. The summed E-state index contributed by atoms with van der Waals surface area (Å²) in [5, 5.41) is 2.87. The number of hydrogen-bond acceptors (Lipinski definition) is 3. The highest BCUT2D eigenvalue weighted by molar-refractivity contribution is 5.50. The van der Waals surface area contributed by atoms with Gasteiger partial charge in [-0.2, -0.15) is 0 Å². The molecule has 106 valence electrons. The zero-order valence-corrected chi connectivity index (χ0v) is 11.5. The Balaban J connectivity index is 2.23. The summed E-state index contributed by atoms with van der Waals surface area (Å²) in [7, 11) is 3.40. The van der Waals surface area contributed by atoms with Gasteiger partial charge >= 0.3 is 0 Å². The van der Waals surface area contributed by atoms with Crippen LogP contribution in [0.3, 0.4) is 0 Å². The predicted octanol–water partition coefficient (Wildman–Crippen LogP) is 2.72. The maximum atomic E-state index is 14.1. The van der Waals surface area contributed by atoms with Gasteiger partial charge in [0.1, 0.15) is 17.3 Å². The van der Waals surface area contributed by atoms with E-state index in [0.717, 1.165) is 5.56 Å². The van der Waals surface area contributed by atoms with Gasteiger partial charge in [-0.25, -0.2) is 8.78 Å². The van der Waals surface area contributed by atoms with Gasteiger partial charge in [0.05, 0.1) is 0 Å². The summed E-state index contributed by atoms with van der Waals surface area (Å²) in [4.78, 5) is 5.48. The second-order valence-corrected chi connectivity index (χ2v) is 4.65. The first-order chi connectivity index (χ1) is 9.61. The molecule has 1 aromatic heterocycles. The van der Waals surface area contributed by atoms with E-state index in [1.54, 1.807) is 31.4 Å². The average molecular weight is 277 g/mol. The van der Waals surface area contributed by atoms with E-state index in [1.807, 2.05) is 12.1 Å². The highest BCUT2D eigenvalue weighted by Gasteiger charge is 2.15. The molecule has 3 nitrogen and oxygen atoms in total. The monoisotopic (exact) mass is 277 g/mol. The lowest BCUT2D eigenvalue weighted by Crippen LogP contribution is -2.20. The van der Waals surface area contributed by atoms with Crippen molar-refractivity contribution < 1.29 is 8.78 Å². The quantitative estimate of drug-likeness (QED) is 0.911. The largest absolute Gasteiger partial charge is 0.366 e. The number of rotatable bonds is 5. The number of nitrogens with one attached hydrogen (secondary N) is 1. The number of nitrogens with zero attached hydrogens (tertiary/aromatic N) is 2. The van der Waals surface area contributed by atoms with Crippen LogP contribution >= 0.6 is 0 Å². The molecule has 0 saturated heterocycles. The molecule has 5 heteroatoms. The van der Waals surface area contributed by atoms with Gasteiger partial charge in [-0.3, -0.25) is 4.98 Å². The second-order valence-electron chi connectivity index (χ2n) is 4.65. The molecule has 0 radical (unpaired) electrons. The summed E-state index contributed by atoms with van der Waals surface area (Å²) >= 11 is 0. The van der Waals surface area contributed by atoms with Crippen LogP contribution in [0.2, 0.25) is 0 Å². The van der Waals surface area contributed by atoms with E-state index in [0.29, 0.717) is 18.7 Å². The van der Waals surface area contributed by atoms with Crippen LogP contribution in [-0.2, 0) is 13.1 Å². The van der Waals surface area contributed by atoms with Crippen molar-refractivity contribution in [1.29, 1.82) is 0 Å². The summed E-state index contributed by atoms with van der Waals surface area (Å²) in [6.07, 6.45) is 3.32. The van der Waals surface area contributed by atoms with Gasteiger partial charge in [0, 0.05) is 32.5 Å². The minimum absolute atomic E-state index is 0.0123. The second kappa shape index (κ2) is 6.43. The van der Waals surface area contributed by atoms with Crippen molar-refractivity contribution in [3.05, 3.63) is 59.4 Å². The molecule has 0 aliphatic rings. The summed E-state index contributed by atoms with van der Waals surface area (Å²) in [5.41, 5.74) is 1.52. The first-order valence-corrected chi connectivity index (χ1v) is 6.34. The normalized spacial score (nSPS) is 10.6. The molecule has 0 atom stereocenters. The lowest BCUT2D eigenvalue weighted by atomic mass is 10.1. The minimum Gasteiger partial charge on any atom is -0.366 e. The molecule has 2 aromatic rings. The molecule has 2 rings (SSSR count). The van der Waals surface area contributed by atoms with Crippen molar-refractivity contribution in [3.8, 4) is 0 Å². The molecule has 0 bridgehead atoms. The van der Waals surface area contributed by atoms with E-state index in [1.165, 1.54) is 12.1 Å². The minimum atomic E-state index is -0.549. The number of hydrogen-bond donors (Lipinski definition) is 1. The summed E-state index contributed by atoms with van der Waals surface area (Å²) in [6, 6.07) is 6.36. The molecular formula is C15H17F2N3. The molecule has 0 unspecified atom stereocenters. The number of pyridine rings is 1. The zero-order chi connectivity index (χ0) is 14.5. The Labute approximate surface area is 117 Å². The summed E-state index contributed by atoms with van der Waals surface area (Å²) < 4.78 is 28.1. The van der Waals surface area contributed by atoms with Gasteiger partial charge in [0.2, 0.25) is 0 Å². The fourth-order valence-electron chi connectivity index (χ4n) is 2.13. The first kappa shape index (κ1) is 14.4. The van der Waals surface area contributed by atoms with Crippen LogP contribution in [0.1, 0.15) is 11.1 Å². The van der Waals surface area contributed by atoms with E-state index >= 15 is 0 Å². The Kier molecular flexibility index (Phi) is 4.63. The van der Waals surface area contributed by atoms with E-state index in [2.05, 4.69) is 10.3 Å². The predicted molar refractivity (Wildman–Crippen MR) is 75.5 cm³/mol. The first-order valence-electron chi connectivity index (χ1n) is 6.34. The third kappa shape index (κ3) is 3.30. The Hall–Kier alpha value is -2.01. The fourth-order valence-corrected chi connectivity index (χ4v) is 2.13. The Bertz CT molecular complexity index is 550. The van der Waals surface area contributed by atoms with Crippen LogP contribution in [0.4, 0.5) is 14.5 Å². The molecule has 20 heavy (non-hydrogen) atoms. The van der Waals surface area contributed by atoms with Crippen molar-refractivity contribution >= 4 is 5.69 Å². The molecule has 0 saturated carbocycles. The highest BCUT2D eigenvalue weighted by atomic mass is 19.1. The molecule has 1 N–H and O–H groups in total. The van der Waals surface area contributed by atoms with Crippen LogP contribution in [0.15, 0.2) is 36.7 Å². The standard InChI is InChI=1S/C15H17F2N3/c1-18-9-12-7-13(16)15(14(17)8-12)20(2)10-11-3-5-19-6-4-11/h3-8,18H,9-10H2,1-2H3. The zero-order valence-electron chi connectivity index (χ0n) is 11.5. The van der Waals surface area contributed by atoms with E-state index in [-0.39, 0.29) is 5.69 Å². The number of aromatic nitrogens is 1. The number of benzene rings is 1. The molecule has 1 heterocycles. The van der Waals surface area contributed by atoms with Gasteiger partial charge in [-0.15, -0.1) is 0 Å². The maximum absolute atomic E-state index is 14.1. The summed E-state index contributed by atoms with van der Waals surface area (Å²) in [6.45, 7) is 0.851. The highest BCUT2D eigenvalue weighted by Crippen LogP contribution is 2.25. The maximum Gasteiger partial charge on any atom is 0.149 e. The van der Waals surface area contributed by atoms with Crippen LogP contribution in [0, 0.1) is 11.6 Å². The molecule has 0 fully saturated rings. The van der Waals surface area contributed by atoms with Crippen molar-refractivity contribution in [3.63, 3.8) is 0 Å². The number of anilines is 1. The van der Waals surface area contributed by atoms with Crippen LogP contribution < -0.4 is 10.2 Å². The fraction of sp³-hybridized carbons (Fsp3) is 0.267. The average Bonchev–Trinajstić information content (AvgIpc) is 2.39. The van der Waals surface area contributed by atoms with Gasteiger partial charge in [0.15, 0.2) is 0 Å². The molecule has 0 aliphatic heterocycles. The molecule has 0 aliphatic carbocycles. The van der Waals surface area contributed by atoms with Gasteiger partial charge in [0.25, 0.3) is 0 Å². The Morgan fingerprint density at radius 1 is 1.10 bits per heavy atom. The third-order valence-electron chi connectivity index (χ3n) is 3.01. The van der Waals surface area contributed by atoms with Crippen molar-refractivity contribution in [2.75, 3.05) is 19.0 Å². The third-order valence-corrected chi connectivity index (χ3v) is 3.01. The van der Waals surface area contributed by atoms with Gasteiger partial charge < -0.3 is 10.2 Å². The van der Waals surface area contributed by atoms with E-state index in [4.69, 9.17) is 0 Å². The van der Waals surface area contributed by atoms with E-state index in [9.17, 15) is 8.78 Å². The van der Waals surface area contributed by atoms with Crippen molar-refractivity contribution in [2.24, 2.45) is 0 Å².